The summed E-state index contributed by atoms with van der Waals surface area (Å²) in [4.78, 5) is 18.3. The first-order valence-corrected chi connectivity index (χ1v) is 28.9. The van der Waals surface area contributed by atoms with Crippen LogP contribution in [0.15, 0.2) is 24.3 Å². The number of hydrogen-bond acceptors (Lipinski definition) is 6. The fraction of sp³-hybridized carbons (Fsp3) is 0.742. The summed E-state index contributed by atoms with van der Waals surface area (Å²) in [6, 6.07) is 9.23. The number of fused-ring (bicyclic) bond motifs is 6. The van der Waals surface area contributed by atoms with Crippen LogP contribution in [0.5, 0.6) is 0 Å². The Morgan fingerprint density at radius 1 is 0.571 bits per heavy atom. The Hall–Kier alpha value is -3.04. The number of aromatic nitrogens is 4. The highest BCUT2D eigenvalue weighted by Gasteiger charge is 2.27. The number of rotatable bonds is 22. The summed E-state index contributed by atoms with van der Waals surface area (Å²) in [5.74, 6) is 3.36. The lowest BCUT2D eigenvalue weighted by Gasteiger charge is -2.26. The summed E-state index contributed by atoms with van der Waals surface area (Å²) in [6.45, 7) is 47.3. The molecule has 0 saturated carbocycles. The molecular weight excluding hydrogens is 857 g/mol. The maximum absolute atomic E-state index is 5.93. The summed E-state index contributed by atoms with van der Waals surface area (Å²) in [7, 11) is 0. The second-order valence-electron chi connectivity index (χ2n) is 20.9. The van der Waals surface area contributed by atoms with Gasteiger partial charge in [-0.2, -0.15) is 0 Å². The van der Waals surface area contributed by atoms with Gasteiger partial charge in [0, 0.05) is 62.2 Å². The third kappa shape index (κ3) is 27.1. The lowest BCUT2D eigenvalue weighted by atomic mass is 9.89. The standard InChI is InChI=1S/C41H65N7.C7H17N.2C5H12.2C2H6/c1-9-30-23-35-27(4)32(10-2)39(46-35)25-36-28(5)33(11-3)40(48-36)26-37-29(6)34(18-16-22-44-41(7,8)19-13-15-21-43)38(47-37)24-31(45-30)17-12-14-20-42;1-7(2)5-3-4-6-8;2*1-4-5(2)3;2*1-2/h23-26,28,33,44,46-47H,9-22,42-43H2,1-8H3;7H,3-6,8H2,1-2H3;2*5H,4H2,1-3H3;2*1-2H3. The first-order chi connectivity index (χ1) is 33.4. The number of hydrogen-bond donors (Lipinski definition) is 6. The monoisotopic (exact) mass is 975 g/mol. The molecule has 2 unspecified atom stereocenters. The van der Waals surface area contributed by atoms with Gasteiger partial charge in [-0.25, -0.2) is 0 Å². The lowest BCUT2D eigenvalue weighted by Crippen LogP contribution is -2.39. The maximum atomic E-state index is 5.93. The number of nitrogens with one attached hydrogen (secondary N) is 3. The van der Waals surface area contributed by atoms with Crippen LogP contribution in [0.3, 0.4) is 0 Å². The van der Waals surface area contributed by atoms with Crippen LogP contribution in [0.1, 0.15) is 259 Å². The van der Waals surface area contributed by atoms with Crippen LogP contribution in [0, 0.1) is 31.6 Å². The molecule has 4 heterocycles. The second-order valence-corrected chi connectivity index (χ2v) is 20.9. The largest absolute Gasteiger partial charge is 0.355 e. The van der Waals surface area contributed by atoms with Crippen molar-refractivity contribution in [2.75, 3.05) is 26.2 Å². The van der Waals surface area contributed by atoms with Gasteiger partial charge in [0.1, 0.15) is 0 Å². The van der Waals surface area contributed by atoms with Crippen molar-refractivity contribution < 1.29 is 0 Å². The van der Waals surface area contributed by atoms with Crippen molar-refractivity contribution in [1.29, 1.82) is 0 Å². The van der Waals surface area contributed by atoms with E-state index < -0.39 is 0 Å². The van der Waals surface area contributed by atoms with Gasteiger partial charge in [-0.3, -0.25) is 9.97 Å². The molecule has 0 aromatic carbocycles. The first-order valence-electron chi connectivity index (χ1n) is 28.9. The van der Waals surface area contributed by atoms with E-state index in [2.05, 4.69) is 150 Å². The molecule has 70 heavy (non-hydrogen) atoms. The van der Waals surface area contributed by atoms with E-state index in [0.29, 0.717) is 18.4 Å². The van der Waals surface area contributed by atoms with E-state index in [9.17, 15) is 0 Å². The van der Waals surface area contributed by atoms with E-state index >= 15 is 0 Å². The van der Waals surface area contributed by atoms with Crippen molar-refractivity contribution in [3.8, 4) is 0 Å². The van der Waals surface area contributed by atoms with Crippen molar-refractivity contribution >= 4 is 22.1 Å². The summed E-state index contributed by atoms with van der Waals surface area (Å²) in [6.07, 6.45) is 17.7. The van der Waals surface area contributed by atoms with E-state index in [1.807, 2.05) is 27.7 Å². The van der Waals surface area contributed by atoms with Gasteiger partial charge in [0.15, 0.2) is 0 Å². The van der Waals surface area contributed by atoms with Crippen molar-refractivity contribution in [1.82, 2.24) is 25.3 Å². The SMILES string of the molecule is CC.CC.CC(C)CCCCN.CCC(C)C.CCC(C)C.CCc1cc2[nH]c(cc3nc(cc4[nH]c(cc(CCCCN)n1)c(CCCNC(C)(C)CCCCN)c4C)C(CC)C3C)c(CC)c2C. The van der Waals surface area contributed by atoms with Crippen LogP contribution in [0.2, 0.25) is 0 Å². The highest BCUT2D eigenvalue weighted by molar-refractivity contribution is 5.73. The van der Waals surface area contributed by atoms with E-state index in [1.165, 1.54) is 82.3 Å². The summed E-state index contributed by atoms with van der Waals surface area (Å²) >= 11 is 0. The molecule has 0 spiro atoms. The highest BCUT2D eigenvalue weighted by Crippen LogP contribution is 2.39. The van der Waals surface area contributed by atoms with Gasteiger partial charge in [0.25, 0.3) is 0 Å². The predicted octanol–water partition coefficient (Wildman–Crippen LogP) is 16.7. The van der Waals surface area contributed by atoms with Gasteiger partial charge in [0.2, 0.25) is 0 Å². The second kappa shape index (κ2) is 40.4. The van der Waals surface area contributed by atoms with Crippen LogP contribution in [0.25, 0.3) is 22.1 Å². The van der Waals surface area contributed by atoms with Crippen LogP contribution < -0.4 is 22.5 Å². The molecule has 2 atom stereocenters. The van der Waals surface area contributed by atoms with E-state index in [1.54, 1.807) is 0 Å². The van der Waals surface area contributed by atoms with Crippen LogP contribution in [0.4, 0.5) is 0 Å². The Kier molecular flexibility index (Phi) is 39.9. The number of aryl methyl sites for hydroxylation is 6. The normalized spacial score (nSPS) is 13.5. The summed E-state index contributed by atoms with van der Waals surface area (Å²) in [5.41, 5.74) is 31.7. The molecular formula is C62H118N8. The number of nitrogens with two attached hydrogens (primary N) is 3. The molecule has 9 N–H and O–H groups in total. The topological polar surface area (TPSA) is 147 Å². The number of H-pyrrole nitrogens is 2. The van der Waals surface area contributed by atoms with Crippen LogP contribution in [-0.4, -0.2) is 51.7 Å². The minimum atomic E-state index is 0.111. The average molecular weight is 976 g/mol. The van der Waals surface area contributed by atoms with Crippen molar-refractivity contribution in [2.45, 2.75) is 259 Å². The molecule has 0 fully saturated rings. The van der Waals surface area contributed by atoms with Crippen LogP contribution in [-0.2, 0) is 25.7 Å². The molecule has 1 aliphatic heterocycles. The molecule has 4 rings (SSSR count). The van der Waals surface area contributed by atoms with Crippen molar-refractivity contribution in [3.05, 3.63) is 69.3 Å². The molecule has 3 aromatic heterocycles. The number of aromatic amines is 2. The van der Waals surface area contributed by atoms with Crippen LogP contribution >= 0.6 is 0 Å². The minimum Gasteiger partial charge on any atom is -0.355 e. The molecule has 1 aliphatic rings. The zero-order valence-corrected chi connectivity index (χ0v) is 50.0. The Bertz CT molecular complexity index is 1890. The Morgan fingerprint density at radius 3 is 1.56 bits per heavy atom. The van der Waals surface area contributed by atoms with Gasteiger partial charge < -0.3 is 32.5 Å². The Labute approximate surface area is 434 Å². The van der Waals surface area contributed by atoms with Gasteiger partial charge in [-0.15, -0.1) is 0 Å². The van der Waals surface area contributed by atoms with Crippen molar-refractivity contribution in [3.63, 3.8) is 0 Å². The van der Waals surface area contributed by atoms with Crippen molar-refractivity contribution in [2.24, 2.45) is 35.0 Å². The minimum absolute atomic E-state index is 0.111. The van der Waals surface area contributed by atoms with Gasteiger partial charge in [-0.05, 0) is 189 Å². The zero-order chi connectivity index (χ0) is 53.8. The van der Waals surface area contributed by atoms with Gasteiger partial charge >= 0.3 is 0 Å². The van der Waals surface area contributed by atoms with E-state index in [0.717, 1.165) is 125 Å². The number of nitrogens with zero attached hydrogens (tertiary/aromatic N) is 2. The molecule has 0 radical (unpaired) electrons. The Morgan fingerprint density at radius 2 is 1.06 bits per heavy atom. The molecule has 0 saturated heterocycles. The smallest absolute Gasteiger partial charge is 0.0465 e. The summed E-state index contributed by atoms with van der Waals surface area (Å²) < 4.78 is 0. The Balaban J connectivity index is 0. The van der Waals surface area contributed by atoms with E-state index in [4.69, 9.17) is 27.2 Å². The highest BCUT2D eigenvalue weighted by atomic mass is 14.9. The molecule has 406 valence electrons. The van der Waals surface area contributed by atoms with Gasteiger partial charge in [-0.1, -0.05) is 143 Å². The fourth-order valence-corrected chi connectivity index (χ4v) is 8.16. The lowest BCUT2D eigenvalue weighted by molar-refractivity contribution is 0.349. The quantitative estimate of drug-likeness (QED) is 0.0553. The summed E-state index contributed by atoms with van der Waals surface area (Å²) in [5, 5.41) is 3.82. The molecule has 8 nitrogen and oxygen atoms in total. The fourth-order valence-electron chi connectivity index (χ4n) is 8.16. The third-order valence-electron chi connectivity index (χ3n) is 13.5. The average Bonchev–Trinajstić information content (AvgIpc) is 3.92. The predicted molar refractivity (Wildman–Crippen MR) is 317 cm³/mol. The maximum Gasteiger partial charge on any atom is 0.0465 e. The molecule has 3 aromatic rings. The zero-order valence-electron chi connectivity index (χ0n) is 50.0. The first kappa shape index (κ1) is 69.0. The molecule has 0 amide bonds. The van der Waals surface area contributed by atoms with E-state index in [-0.39, 0.29) is 5.54 Å². The molecule has 8 heteroatoms. The van der Waals surface area contributed by atoms with Gasteiger partial charge in [0.05, 0.1) is 0 Å². The molecule has 6 bridgehead atoms. The molecule has 0 aliphatic carbocycles. The number of unbranched alkanes of at least 4 members (excludes halogenated alkanes) is 3. The third-order valence-corrected chi connectivity index (χ3v) is 13.5.